The van der Waals surface area contributed by atoms with Crippen molar-refractivity contribution in [3.05, 3.63) is 46.2 Å². The van der Waals surface area contributed by atoms with Crippen LogP contribution in [0.4, 0.5) is 11.4 Å². The van der Waals surface area contributed by atoms with Gasteiger partial charge in [0.25, 0.3) is 5.91 Å². The second kappa shape index (κ2) is 7.45. The van der Waals surface area contributed by atoms with Crippen LogP contribution in [-0.2, 0) is 0 Å². The summed E-state index contributed by atoms with van der Waals surface area (Å²) < 4.78 is 0. The van der Waals surface area contributed by atoms with E-state index in [-0.39, 0.29) is 11.8 Å². The van der Waals surface area contributed by atoms with Gasteiger partial charge < -0.3 is 15.7 Å². The molecule has 0 spiro atoms. The van der Waals surface area contributed by atoms with E-state index in [0.717, 1.165) is 16.9 Å². The van der Waals surface area contributed by atoms with Crippen molar-refractivity contribution in [3.63, 3.8) is 0 Å². The van der Waals surface area contributed by atoms with Crippen LogP contribution >= 0.6 is 22.9 Å². The van der Waals surface area contributed by atoms with Crippen LogP contribution in [0.1, 0.15) is 15.2 Å². The van der Waals surface area contributed by atoms with Crippen molar-refractivity contribution in [1.29, 1.82) is 0 Å². The maximum atomic E-state index is 12.0. The number of hydrogen-bond acceptors (Lipinski definition) is 4. The summed E-state index contributed by atoms with van der Waals surface area (Å²) in [6.07, 6.45) is -0.579. The lowest BCUT2D eigenvalue weighted by Gasteiger charge is -2.13. The molecular formula is C15H17ClN2O2S. The molecule has 3 N–H and O–H groups in total. The largest absolute Gasteiger partial charge is 0.390 e. The molecule has 1 heterocycles. The van der Waals surface area contributed by atoms with E-state index in [1.54, 1.807) is 6.07 Å². The second-order valence-electron chi connectivity index (χ2n) is 4.65. The normalized spacial score (nSPS) is 12.0. The minimum atomic E-state index is -0.579. The number of thiophene rings is 1. The minimum Gasteiger partial charge on any atom is -0.390 e. The van der Waals surface area contributed by atoms with Crippen molar-refractivity contribution < 1.29 is 9.90 Å². The van der Waals surface area contributed by atoms with E-state index in [4.69, 9.17) is 11.6 Å². The van der Waals surface area contributed by atoms with E-state index < -0.39 is 6.10 Å². The Bertz CT molecular complexity index is 602. The summed E-state index contributed by atoms with van der Waals surface area (Å²) in [7, 11) is 0. The highest BCUT2D eigenvalue weighted by Crippen LogP contribution is 2.21. The Morgan fingerprint density at radius 2 is 2.24 bits per heavy atom. The lowest BCUT2D eigenvalue weighted by Crippen LogP contribution is -2.20. The van der Waals surface area contributed by atoms with Crippen molar-refractivity contribution in [2.24, 2.45) is 0 Å². The maximum Gasteiger partial charge on any atom is 0.265 e. The fourth-order valence-electron chi connectivity index (χ4n) is 1.80. The Hall–Kier alpha value is -1.56. The molecular weight excluding hydrogens is 308 g/mol. The Morgan fingerprint density at radius 3 is 2.86 bits per heavy atom. The highest BCUT2D eigenvalue weighted by Gasteiger charge is 2.09. The molecule has 0 radical (unpaired) electrons. The minimum absolute atomic E-state index is 0.105. The van der Waals surface area contributed by atoms with Gasteiger partial charge >= 0.3 is 0 Å². The number of amides is 1. The number of benzene rings is 1. The Kier molecular flexibility index (Phi) is 5.61. The van der Waals surface area contributed by atoms with Crippen LogP contribution in [0.2, 0.25) is 0 Å². The summed E-state index contributed by atoms with van der Waals surface area (Å²) in [6.45, 7) is 2.32. The quantitative estimate of drug-likeness (QED) is 0.714. The zero-order chi connectivity index (χ0) is 15.2. The van der Waals surface area contributed by atoms with Crippen molar-refractivity contribution >= 4 is 40.2 Å². The van der Waals surface area contributed by atoms with Gasteiger partial charge in [0.2, 0.25) is 0 Å². The molecule has 0 saturated heterocycles. The molecule has 0 aliphatic carbocycles. The van der Waals surface area contributed by atoms with Gasteiger partial charge in [-0.05, 0) is 42.1 Å². The fraction of sp³-hybridized carbons (Fsp3) is 0.267. The molecule has 0 saturated carbocycles. The molecule has 1 atom stereocenters. The van der Waals surface area contributed by atoms with Crippen LogP contribution in [0.15, 0.2) is 35.7 Å². The van der Waals surface area contributed by atoms with E-state index in [1.165, 1.54) is 11.3 Å². The molecule has 2 rings (SSSR count). The number of nitrogens with one attached hydrogen (secondary N) is 2. The predicted octanol–water partition coefficient (Wildman–Crippen LogP) is 3.32. The number of alkyl halides is 1. The summed E-state index contributed by atoms with van der Waals surface area (Å²) in [4.78, 5) is 12.7. The van der Waals surface area contributed by atoms with Crippen molar-refractivity contribution in [1.82, 2.24) is 0 Å². The third-order valence-corrected chi connectivity index (χ3v) is 4.16. The predicted molar refractivity (Wildman–Crippen MR) is 88.7 cm³/mol. The summed E-state index contributed by atoms with van der Waals surface area (Å²) in [5.41, 5.74) is 2.60. The Labute approximate surface area is 132 Å². The molecule has 6 heteroatoms. The monoisotopic (exact) mass is 324 g/mol. The number of rotatable bonds is 6. The summed E-state index contributed by atoms with van der Waals surface area (Å²) in [5.74, 6) is 0.0902. The third-order valence-electron chi connectivity index (χ3n) is 2.94. The number of hydrogen-bond donors (Lipinski definition) is 3. The number of carbonyl (C=O) groups is 1. The average molecular weight is 325 g/mol. The van der Waals surface area contributed by atoms with E-state index in [9.17, 15) is 9.90 Å². The molecule has 4 nitrogen and oxygen atoms in total. The van der Waals surface area contributed by atoms with Crippen molar-refractivity contribution in [2.75, 3.05) is 23.1 Å². The Balaban J connectivity index is 2.00. The number of anilines is 2. The average Bonchev–Trinajstić information content (AvgIpc) is 3.01. The topological polar surface area (TPSA) is 61.4 Å². The first-order valence-electron chi connectivity index (χ1n) is 6.53. The maximum absolute atomic E-state index is 12.0. The van der Waals surface area contributed by atoms with Crippen LogP contribution in [0.5, 0.6) is 0 Å². The number of aliphatic hydroxyl groups excluding tert-OH is 1. The first-order valence-corrected chi connectivity index (χ1v) is 7.95. The van der Waals surface area contributed by atoms with Gasteiger partial charge in [-0.25, -0.2) is 0 Å². The van der Waals surface area contributed by atoms with Crippen LogP contribution < -0.4 is 10.6 Å². The first-order chi connectivity index (χ1) is 10.1. The van der Waals surface area contributed by atoms with E-state index in [0.29, 0.717) is 11.4 Å². The van der Waals surface area contributed by atoms with Gasteiger partial charge in [0.1, 0.15) is 0 Å². The SMILES string of the molecule is Cc1cc(NCC(O)CCl)ccc1NC(=O)c1cccs1. The number of aryl methyl sites for hydroxylation is 1. The number of aliphatic hydroxyl groups is 1. The van der Waals surface area contributed by atoms with Gasteiger partial charge in [-0.2, -0.15) is 0 Å². The van der Waals surface area contributed by atoms with Gasteiger partial charge in [0.15, 0.2) is 0 Å². The molecule has 2 aromatic rings. The summed E-state index contributed by atoms with van der Waals surface area (Å²) >= 11 is 6.95. The van der Waals surface area contributed by atoms with E-state index in [1.807, 2.05) is 36.6 Å². The van der Waals surface area contributed by atoms with Gasteiger partial charge in [0, 0.05) is 17.9 Å². The zero-order valence-corrected chi connectivity index (χ0v) is 13.2. The van der Waals surface area contributed by atoms with Gasteiger partial charge in [-0.1, -0.05) is 6.07 Å². The molecule has 1 aromatic heterocycles. The first kappa shape index (κ1) is 15.8. The smallest absolute Gasteiger partial charge is 0.265 e. The van der Waals surface area contributed by atoms with Gasteiger partial charge in [0.05, 0.1) is 16.9 Å². The standard InChI is InChI=1S/C15H17ClN2O2S/c1-10-7-11(17-9-12(19)8-16)4-5-13(10)18-15(20)14-3-2-6-21-14/h2-7,12,17,19H,8-9H2,1H3,(H,18,20). The second-order valence-corrected chi connectivity index (χ2v) is 5.91. The molecule has 0 aliphatic heterocycles. The lowest BCUT2D eigenvalue weighted by atomic mass is 10.1. The van der Waals surface area contributed by atoms with E-state index >= 15 is 0 Å². The van der Waals surface area contributed by atoms with Crippen molar-refractivity contribution in [3.8, 4) is 0 Å². The summed E-state index contributed by atoms with van der Waals surface area (Å²) in [5, 5.41) is 17.3. The van der Waals surface area contributed by atoms with Crippen LogP contribution in [0.3, 0.4) is 0 Å². The molecule has 1 unspecified atom stereocenters. The number of halogens is 1. The van der Waals surface area contributed by atoms with Crippen LogP contribution in [0.25, 0.3) is 0 Å². The highest BCUT2D eigenvalue weighted by atomic mass is 35.5. The number of carbonyl (C=O) groups excluding carboxylic acids is 1. The van der Waals surface area contributed by atoms with Crippen molar-refractivity contribution in [2.45, 2.75) is 13.0 Å². The molecule has 0 fully saturated rings. The highest BCUT2D eigenvalue weighted by molar-refractivity contribution is 7.12. The fourth-order valence-corrected chi connectivity index (χ4v) is 2.52. The third kappa shape index (κ3) is 4.46. The van der Waals surface area contributed by atoms with Gasteiger partial charge in [-0.3, -0.25) is 4.79 Å². The Morgan fingerprint density at radius 1 is 1.43 bits per heavy atom. The molecule has 112 valence electrons. The molecule has 0 aliphatic rings. The van der Waals surface area contributed by atoms with Crippen LogP contribution in [0, 0.1) is 6.92 Å². The summed E-state index contributed by atoms with van der Waals surface area (Å²) in [6, 6.07) is 9.26. The van der Waals surface area contributed by atoms with Gasteiger partial charge in [-0.15, -0.1) is 22.9 Å². The molecule has 1 amide bonds. The van der Waals surface area contributed by atoms with E-state index in [2.05, 4.69) is 10.6 Å². The molecule has 0 bridgehead atoms. The molecule has 21 heavy (non-hydrogen) atoms. The lowest BCUT2D eigenvalue weighted by molar-refractivity contribution is 0.103. The zero-order valence-electron chi connectivity index (χ0n) is 11.6. The van der Waals surface area contributed by atoms with Crippen LogP contribution in [-0.4, -0.2) is 29.5 Å². The molecule has 1 aromatic carbocycles.